The first-order valence-electron chi connectivity index (χ1n) is 5.77. The summed E-state index contributed by atoms with van der Waals surface area (Å²) in [6.07, 6.45) is 3.21. The molecule has 4 heteroatoms. The highest BCUT2D eigenvalue weighted by molar-refractivity contribution is 5.78. The number of nitrogens with zero attached hydrogens (tertiary/aromatic N) is 2. The molecule has 2 atom stereocenters. The van der Waals surface area contributed by atoms with Crippen molar-refractivity contribution < 1.29 is 9.90 Å². The van der Waals surface area contributed by atoms with E-state index in [4.69, 9.17) is 5.11 Å². The molecule has 2 fully saturated rings. The summed E-state index contributed by atoms with van der Waals surface area (Å²) in [5, 5.41) is 12.9. The minimum Gasteiger partial charge on any atom is -0.396 e. The van der Waals surface area contributed by atoms with Crippen LogP contribution in [0.2, 0.25) is 0 Å². The number of hydrazine groups is 1. The molecule has 1 amide bonds. The number of aliphatic hydroxyl groups is 1. The summed E-state index contributed by atoms with van der Waals surface area (Å²) in [6.45, 7) is 2.76. The van der Waals surface area contributed by atoms with Gasteiger partial charge in [-0.1, -0.05) is 6.92 Å². The van der Waals surface area contributed by atoms with Crippen molar-refractivity contribution >= 4 is 5.91 Å². The fourth-order valence-electron chi connectivity index (χ4n) is 2.31. The summed E-state index contributed by atoms with van der Waals surface area (Å²) in [4.78, 5) is 11.8. The highest BCUT2D eigenvalue weighted by Gasteiger charge is 2.43. The summed E-state index contributed by atoms with van der Waals surface area (Å²) >= 11 is 0. The third kappa shape index (κ3) is 2.16. The molecule has 1 N–H and O–H groups in total. The summed E-state index contributed by atoms with van der Waals surface area (Å²) < 4.78 is 0. The molecule has 1 saturated heterocycles. The van der Waals surface area contributed by atoms with E-state index in [2.05, 4.69) is 5.01 Å². The van der Waals surface area contributed by atoms with E-state index in [1.54, 1.807) is 0 Å². The lowest BCUT2D eigenvalue weighted by atomic mass is 10.1. The maximum Gasteiger partial charge on any atom is 0.238 e. The van der Waals surface area contributed by atoms with Crippen LogP contribution in [0.1, 0.15) is 26.2 Å². The SMILES string of the molecule is CC(CO)CN1C(=O)CC(C2CC2)N1C. The minimum atomic E-state index is 0.145. The molecule has 4 nitrogen and oxygen atoms in total. The molecule has 1 heterocycles. The first-order chi connectivity index (χ1) is 7.13. The standard InChI is InChI=1S/C11H20N2O2/c1-8(7-14)6-13-11(15)5-10(12(13)2)9-3-4-9/h8-10,14H,3-7H2,1-2H3. The number of rotatable bonds is 4. The van der Waals surface area contributed by atoms with Gasteiger partial charge in [0.05, 0.1) is 0 Å². The number of amides is 1. The van der Waals surface area contributed by atoms with E-state index in [9.17, 15) is 4.79 Å². The molecule has 0 aromatic carbocycles. The molecular formula is C11H20N2O2. The van der Waals surface area contributed by atoms with Gasteiger partial charge in [0.1, 0.15) is 0 Å². The van der Waals surface area contributed by atoms with Crippen molar-refractivity contribution in [2.45, 2.75) is 32.2 Å². The van der Waals surface area contributed by atoms with Gasteiger partial charge >= 0.3 is 0 Å². The average molecular weight is 212 g/mol. The Morgan fingerprint density at radius 3 is 2.73 bits per heavy atom. The average Bonchev–Trinajstić information content (AvgIpc) is 3.00. The molecule has 2 unspecified atom stereocenters. The summed E-state index contributed by atoms with van der Waals surface area (Å²) in [7, 11) is 2.00. The largest absolute Gasteiger partial charge is 0.396 e. The molecular weight excluding hydrogens is 192 g/mol. The lowest BCUT2D eigenvalue weighted by Gasteiger charge is -2.30. The van der Waals surface area contributed by atoms with Crippen LogP contribution in [0, 0.1) is 11.8 Å². The zero-order valence-electron chi connectivity index (χ0n) is 9.52. The molecule has 15 heavy (non-hydrogen) atoms. The van der Waals surface area contributed by atoms with Crippen molar-refractivity contribution in [1.29, 1.82) is 0 Å². The molecule has 1 aliphatic carbocycles. The molecule has 0 radical (unpaired) electrons. The first-order valence-corrected chi connectivity index (χ1v) is 5.77. The van der Waals surface area contributed by atoms with E-state index in [0.29, 0.717) is 19.0 Å². The van der Waals surface area contributed by atoms with Crippen LogP contribution in [0.15, 0.2) is 0 Å². The maximum absolute atomic E-state index is 11.8. The number of carbonyl (C=O) groups excluding carboxylic acids is 1. The van der Waals surface area contributed by atoms with Gasteiger partial charge in [0.15, 0.2) is 0 Å². The molecule has 1 saturated carbocycles. The molecule has 0 spiro atoms. The number of aliphatic hydroxyl groups excluding tert-OH is 1. The third-order valence-corrected chi connectivity index (χ3v) is 3.49. The van der Waals surface area contributed by atoms with Crippen molar-refractivity contribution in [3.63, 3.8) is 0 Å². The van der Waals surface area contributed by atoms with Crippen LogP contribution < -0.4 is 0 Å². The smallest absolute Gasteiger partial charge is 0.238 e. The highest BCUT2D eigenvalue weighted by atomic mass is 16.3. The maximum atomic E-state index is 11.8. The zero-order valence-corrected chi connectivity index (χ0v) is 9.52. The van der Waals surface area contributed by atoms with Gasteiger partial charge in [-0.05, 0) is 24.7 Å². The molecule has 0 aromatic rings. The topological polar surface area (TPSA) is 43.8 Å². The van der Waals surface area contributed by atoms with Gasteiger partial charge in [-0.15, -0.1) is 0 Å². The van der Waals surface area contributed by atoms with E-state index >= 15 is 0 Å². The lowest BCUT2D eigenvalue weighted by Crippen LogP contribution is -2.43. The Kier molecular flexibility index (Phi) is 2.98. The Morgan fingerprint density at radius 2 is 2.20 bits per heavy atom. The Morgan fingerprint density at radius 1 is 1.53 bits per heavy atom. The quantitative estimate of drug-likeness (QED) is 0.737. The Labute approximate surface area is 90.8 Å². The minimum absolute atomic E-state index is 0.145. The predicted molar refractivity (Wildman–Crippen MR) is 56.9 cm³/mol. The molecule has 2 aliphatic rings. The van der Waals surface area contributed by atoms with Crippen molar-refractivity contribution in [1.82, 2.24) is 10.0 Å². The van der Waals surface area contributed by atoms with E-state index in [1.165, 1.54) is 12.8 Å². The lowest BCUT2D eigenvalue weighted by molar-refractivity contribution is -0.138. The van der Waals surface area contributed by atoms with E-state index in [1.807, 2.05) is 19.0 Å². The van der Waals surface area contributed by atoms with E-state index in [0.717, 1.165) is 5.92 Å². The highest BCUT2D eigenvalue weighted by Crippen LogP contribution is 2.39. The van der Waals surface area contributed by atoms with Crippen LogP contribution in [-0.2, 0) is 4.79 Å². The second kappa shape index (κ2) is 4.10. The number of hydrogen-bond acceptors (Lipinski definition) is 3. The van der Waals surface area contributed by atoms with Gasteiger partial charge in [0.25, 0.3) is 0 Å². The second-order valence-electron chi connectivity index (χ2n) is 4.95. The van der Waals surface area contributed by atoms with Gasteiger partial charge in [-0.2, -0.15) is 0 Å². The van der Waals surface area contributed by atoms with Crippen LogP contribution in [0.5, 0.6) is 0 Å². The fraction of sp³-hybridized carbons (Fsp3) is 0.909. The normalized spacial score (nSPS) is 29.9. The van der Waals surface area contributed by atoms with E-state index in [-0.39, 0.29) is 18.4 Å². The van der Waals surface area contributed by atoms with Crippen molar-refractivity contribution in [3.8, 4) is 0 Å². The second-order valence-corrected chi connectivity index (χ2v) is 4.95. The molecule has 1 aliphatic heterocycles. The van der Waals surface area contributed by atoms with Crippen LogP contribution in [0.3, 0.4) is 0 Å². The predicted octanol–water partition coefficient (Wildman–Crippen LogP) is 0.472. The summed E-state index contributed by atoms with van der Waals surface area (Å²) in [6, 6.07) is 0.420. The zero-order chi connectivity index (χ0) is 11.0. The number of hydrogen-bond donors (Lipinski definition) is 1. The number of carbonyl (C=O) groups is 1. The monoisotopic (exact) mass is 212 g/mol. The Hall–Kier alpha value is -0.610. The van der Waals surface area contributed by atoms with Crippen LogP contribution >= 0.6 is 0 Å². The molecule has 2 rings (SSSR count). The Bertz CT molecular complexity index is 253. The molecule has 0 aromatic heterocycles. The molecule has 0 bridgehead atoms. The van der Waals surface area contributed by atoms with Gasteiger partial charge in [0.2, 0.25) is 5.91 Å². The van der Waals surface area contributed by atoms with Gasteiger partial charge in [-0.3, -0.25) is 9.80 Å². The van der Waals surface area contributed by atoms with Crippen molar-refractivity contribution in [2.75, 3.05) is 20.2 Å². The van der Waals surface area contributed by atoms with Gasteiger partial charge < -0.3 is 5.11 Å². The summed E-state index contributed by atoms with van der Waals surface area (Å²) in [5.74, 6) is 1.11. The van der Waals surface area contributed by atoms with Crippen LogP contribution in [0.4, 0.5) is 0 Å². The van der Waals surface area contributed by atoms with Crippen LogP contribution in [0.25, 0.3) is 0 Å². The third-order valence-electron chi connectivity index (χ3n) is 3.49. The van der Waals surface area contributed by atoms with Crippen molar-refractivity contribution in [3.05, 3.63) is 0 Å². The Balaban J connectivity index is 1.96. The molecule has 86 valence electrons. The first kappa shape index (κ1) is 10.9. The van der Waals surface area contributed by atoms with Crippen molar-refractivity contribution in [2.24, 2.45) is 11.8 Å². The fourth-order valence-corrected chi connectivity index (χ4v) is 2.31. The van der Waals surface area contributed by atoms with E-state index < -0.39 is 0 Å². The van der Waals surface area contributed by atoms with Crippen LogP contribution in [-0.4, -0.2) is 47.3 Å². The summed E-state index contributed by atoms with van der Waals surface area (Å²) in [5.41, 5.74) is 0. The van der Waals surface area contributed by atoms with Gasteiger partial charge in [-0.25, -0.2) is 5.01 Å². The van der Waals surface area contributed by atoms with Gasteiger partial charge in [0, 0.05) is 32.7 Å².